The molecule has 1 heterocycles. The fourth-order valence-corrected chi connectivity index (χ4v) is 1.82. The van der Waals surface area contributed by atoms with Gasteiger partial charge in [0, 0.05) is 12.7 Å². The van der Waals surface area contributed by atoms with Crippen LogP contribution in [0.2, 0.25) is 0 Å². The Bertz CT molecular complexity index is 545. The lowest BCUT2D eigenvalue weighted by Gasteiger charge is -2.06. The van der Waals surface area contributed by atoms with E-state index < -0.39 is 0 Å². The Morgan fingerprint density at radius 3 is 2.71 bits per heavy atom. The minimum Gasteiger partial charge on any atom is -0.365 e. The van der Waals surface area contributed by atoms with E-state index in [-0.39, 0.29) is 0 Å². The van der Waals surface area contributed by atoms with Crippen LogP contribution in [0.1, 0.15) is 11.1 Å². The Morgan fingerprint density at radius 2 is 2.06 bits per heavy atom. The van der Waals surface area contributed by atoms with Gasteiger partial charge in [-0.05, 0) is 40.3 Å². The third-order valence-corrected chi connectivity index (χ3v) is 3.00. The minimum atomic E-state index is 0.672. The van der Waals surface area contributed by atoms with Crippen molar-refractivity contribution in [2.24, 2.45) is 0 Å². The Balaban J connectivity index is 2.03. The number of benzene rings is 1. The molecule has 0 bridgehead atoms. The summed E-state index contributed by atoms with van der Waals surface area (Å²) < 4.78 is 0.985. The smallest absolute Gasteiger partial charge is 0.143 e. The monoisotopic (exact) mass is 336 g/mol. The zero-order chi connectivity index (χ0) is 12.1. The molecule has 1 N–H and O–H groups in total. The maximum Gasteiger partial charge on any atom is 0.143 e. The van der Waals surface area contributed by atoms with E-state index in [1.807, 2.05) is 24.3 Å². The van der Waals surface area contributed by atoms with Gasteiger partial charge in [-0.1, -0.05) is 12.1 Å². The molecule has 0 saturated carbocycles. The molecule has 0 unspecified atom stereocenters. The maximum absolute atomic E-state index is 8.69. The molecule has 0 saturated heterocycles. The Kier molecular flexibility index (Phi) is 3.88. The normalized spacial score (nSPS) is 9.65. The van der Waals surface area contributed by atoms with Crippen LogP contribution in [0.5, 0.6) is 0 Å². The fourth-order valence-electron chi connectivity index (χ4n) is 1.33. The summed E-state index contributed by atoms with van der Waals surface area (Å²) in [5.41, 5.74) is 1.78. The summed E-state index contributed by atoms with van der Waals surface area (Å²) in [6.07, 6.45) is 3.28. The highest BCUT2D eigenvalue weighted by atomic mass is 127. The van der Waals surface area contributed by atoms with E-state index in [2.05, 4.69) is 43.9 Å². The molecule has 0 radical (unpaired) electrons. The van der Waals surface area contributed by atoms with Crippen molar-refractivity contribution in [3.05, 3.63) is 51.5 Å². The number of rotatable bonds is 3. The highest BCUT2D eigenvalue weighted by Gasteiger charge is 2.00. The highest BCUT2D eigenvalue weighted by molar-refractivity contribution is 14.1. The van der Waals surface area contributed by atoms with Gasteiger partial charge in [0.15, 0.2) is 0 Å². The Hall–Kier alpha value is -1.68. The molecule has 5 heteroatoms. The first-order chi connectivity index (χ1) is 8.29. The standard InChI is InChI=1S/C12H9IN4/c13-11-7-15-8-17-12(11)16-6-10-3-1-9(5-14)2-4-10/h1-4,7-8H,6H2,(H,15,16,17). The van der Waals surface area contributed by atoms with Crippen molar-refractivity contribution in [2.75, 3.05) is 5.32 Å². The molecule has 0 aliphatic heterocycles. The maximum atomic E-state index is 8.69. The zero-order valence-corrected chi connectivity index (χ0v) is 11.0. The molecule has 2 aromatic rings. The van der Waals surface area contributed by atoms with Gasteiger partial charge in [0.25, 0.3) is 0 Å². The summed E-state index contributed by atoms with van der Waals surface area (Å²) in [6, 6.07) is 9.57. The van der Waals surface area contributed by atoms with E-state index in [0.717, 1.165) is 15.0 Å². The van der Waals surface area contributed by atoms with Crippen molar-refractivity contribution in [1.82, 2.24) is 9.97 Å². The lowest BCUT2D eigenvalue weighted by molar-refractivity contribution is 1.07. The Labute approximate surface area is 113 Å². The quantitative estimate of drug-likeness (QED) is 0.875. The summed E-state index contributed by atoms with van der Waals surface area (Å²) >= 11 is 2.18. The summed E-state index contributed by atoms with van der Waals surface area (Å²) in [4.78, 5) is 8.07. The van der Waals surface area contributed by atoms with E-state index in [9.17, 15) is 0 Å². The molecule has 0 aliphatic carbocycles. The van der Waals surface area contributed by atoms with Crippen molar-refractivity contribution in [2.45, 2.75) is 6.54 Å². The lowest BCUT2D eigenvalue weighted by atomic mass is 10.1. The first-order valence-electron chi connectivity index (χ1n) is 4.98. The SMILES string of the molecule is N#Cc1ccc(CNc2ncncc2I)cc1. The van der Waals surface area contributed by atoms with Gasteiger partial charge in [0.05, 0.1) is 15.2 Å². The molecule has 4 nitrogen and oxygen atoms in total. The number of aromatic nitrogens is 2. The van der Waals surface area contributed by atoms with Crippen molar-refractivity contribution in [3.63, 3.8) is 0 Å². The van der Waals surface area contributed by atoms with Gasteiger partial charge in [0.2, 0.25) is 0 Å². The molecule has 0 amide bonds. The second-order valence-electron chi connectivity index (χ2n) is 3.38. The van der Waals surface area contributed by atoms with Crippen LogP contribution >= 0.6 is 22.6 Å². The average Bonchev–Trinajstić information content (AvgIpc) is 2.38. The largest absolute Gasteiger partial charge is 0.365 e. The fraction of sp³-hybridized carbons (Fsp3) is 0.0833. The van der Waals surface area contributed by atoms with Crippen molar-refractivity contribution >= 4 is 28.4 Å². The van der Waals surface area contributed by atoms with Gasteiger partial charge in [-0.25, -0.2) is 9.97 Å². The van der Waals surface area contributed by atoms with Crippen LogP contribution < -0.4 is 5.32 Å². The first-order valence-corrected chi connectivity index (χ1v) is 6.06. The summed E-state index contributed by atoms with van der Waals surface area (Å²) in [7, 11) is 0. The van der Waals surface area contributed by atoms with E-state index >= 15 is 0 Å². The first kappa shape index (κ1) is 11.8. The van der Waals surface area contributed by atoms with E-state index in [1.54, 1.807) is 6.20 Å². The zero-order valence-electron chi connectivity index (χ0n) is 8.89. The van der Waals surface area contributed by atoms with Crippen LogP contribution in [0.25, 0.3) is 0 Å². The van der Waals surface area contributed by atoms with Crippen LogP contribution in [0.3, 0.4) is 0 Å². The van der Waals surface area contributed by atoms with E-state index in [0.29, 0.717) is 12.1 Å². The van der Waals surface area contributed by atoms with Crippen LogP contribution in [0, 0.1) is 14.9 Å². The van der Waals surface area contributed by atoms with E-state index in [4.69, 9.17) is 5.26 Å². The molecule has 17 heavy (non-hydrogen) atoms. The molecule has 1 aromatic heterocycles. The molecule has 0 aliphatic rings. The molecule has 0 spiro atoms. The molecule has 84 valence electrons. The molecule has 2 rings (SSSR count). The third-order valence-electron chi connectivity index (χ3n) is 2.21. The van der Waals surface area contributed by atoms with Gasteiger partial charge in [0.1, 0.15) is 12.1 Å². The molecular formula is C12H9IN4. The van der Waals surface area contributed by atoms with Crippen LogP contribution in [-0.4, -0.2) is 9.97 Å². The number of hydrogen-bond donors (Lipinski definition) is 1. The van der Waals surface area contributed by atoms with Crippen molar-refractivity contribution in [3.8, 4) is 6.07 Å². The predicted octanol–water partition coefficient (Wildman–Crippen LogP) is 2.56. The van der Waals surface area contributed by atoms with E-state index in [1.165, 1.54) is 6.33 Å². The van der Waals surface area contributed by atoms with Gasteiger partial charge < -0.3 is 5.32 Å². The summed E-state index contributed by atoms with van der Waals surface area (Å²) in [6.45, 7) is 0.679. The average molecular weight is 336 g/mol. The number of nitrogens with one attached hydrogen (secondary N) is 1. The molecule has 0 fully saturated rings. The van der Waals surface area contributed by atoms with Crippen molar-refractivity contribution in [1.29, 1.82) is 5.26 Å². The molecular weight excluding hydrogens is 327 g/mol. The second-order valence-corrected chi connectivity index (χ2v) is 4.54. The molecule has 0 atom stereocenters. The van der Waals surface area contributed by atoms with Crippen molar-refractivity contribution < 1.29 is 0 Å². The highest BCUT2D eigenvalue weighted by Crippen LogP contribution is 2.13. The van der Waals surface area contributed by atoms with Gasteiger partial charge >= 0.3 is 0 Å². The van der Waals surface area contributed by atoms with Gasteiger partial charge in [-0.2, -0.15) is 5.26 Å². The minimum absolute atomic E-state index is 0.672. The summed E-state index contributed by atoms with van der Waals surface area (Å²) in [5.74, 6) is 0.824. The summed E-state index contributed by atoms with van der Waals surface area (Å²) in [5, 5.41) is 11.9. The van der Waals surface area contributed by atoms with Gasteiger partial charge in [-0.3, -0.25) is 0 Å². The molecule has 1 aromatic carbocycles. The lowest BCUT2D eigenvalue weighted by Crippen LogP contribution is -2.03. The van der Waals surface area contributed by atoms with Crippen LogP contribution in [0.4, 0.5) is 5.82 Å². The Morgan fingerprint density at radius 1 is 1.29 bits per heavy atom. The number of nitriles is 1. The number of nitrogens with zero attached hydrogens (tertiary/aromatic N) is 3. The van der Waals surface area contributed by atoms with Gasteiger partial charge in [-0.15, -0.1) is 0 Å². The second kappa shape index (κ2) is 5.59. The number of halogens is 1. The predicted molar refractivity (Wildman–Crippen MR) is 73.2 cm³/mol. The topological polar surface area (TPSA) is 61.6 Å². The number of anilines is 1. The third kappa shape index (κ3) is 3.14. The van der Waals surface area contributed by atoms with Crippen LogP contribution in [0.15, 0.2) is 36.8 Å². The number of hydrogen-bond acceptors (Lipinski definition) is 4. The van der Waals surface area contributed by atoms with Crippen LogP contribution in [-0.2, 0) is 6.54 Å².